The van der Waals surface area contributed by atoms with E-state index in [1.165, 1.54) is 7.11 Å². The first-order valence-electron chi connectivity index (χ1n) is 5.45. The van der Waals surface area contributed by atoms with E-state index in [0.29, 0.717) is 30.7 Å². The van der Waals surface area contributed by atoms with Gasteiger partial charge in [0.25, 0.3) is 0 Å². The summed E-state index contributed by atoms with van der Waals surface area (Å²) < 4.78 is 34.0. The molecule has 1 heterocycles. The zero-order chi connectivity index (χ0) is 13.8. The van der Waals surface area contributed by atoms with Crippen LogP contribution in [0, 0.1) is 6.92 Å². The second-order valence-electron chi connectivity index (χ2n) is 3.99. The summed E-state index contributed by atoms with van der Waals surface area (Å²) >= 11 is 0. The Morgan fingerprint density at radius 1 is 1.50 bits per heavy atom. The lowest BCUT2D eigenvalue weighted by Crippen LogP contribution is -2.23. The number of hydrogen-bond acceptors (Lipinski definition) is 5. The average Bonchev–Trinajstić information content (AvgIpc) is 2.64. The minimum Gasteiger partial charge on any atom is -0.463 e. The van der Waals surface area contributed by atoms with Crippen molar-refractivity contribution in [2.75, 3.05) is 19.9 Å². The molecule has 1 rings (SSSR count). The van der Waals surface area contributed by atoms with Gasteiger partial charge >= 0.3 is 5.97 Å². The largest absolute Gasteiger partial charge is 0.463 e. The van der Waals surface area contributed by atoms with Crippen molar-refractivity contribution in [2.24, 2.45) is 0 Å². The minimum absolute atomic E-state index is 0.198. The molecular formula is C11H17NO5S. The van der Waals surface area contributed by atoms with E-state index in [1.807, 2.05) is 0 Å². The molecule has 0 aliphatic heterocycles. The highest BCUT2D eigenvalue weighted by Gasteiger charge is 2.15. The van der Waals surface area contributed by atoms with Crippen molar-refractivity contribution < 1.29 is 22.4 Å². The maximum Gasteiger partial charge on any atom is 0.374 e. The third-order valence-electron chi connectivity index (χ3n) is 2.30. The third-order valence-corrected chi connectivity index (χ3v) is 3.03. The molecule has 0 radical (unpaired) electrons. The molecule has 0 aromatic carbocycles. The highest BCUT2D eigenvalue weighted by atomic mass is 32.2. The van der Waals surface area contributed by atoms with Gasteiger partial charge in [-0.15, -0.1) is 0 Å². The molecule has 0 fully saturated rings. The van der Waals surface area contributed by atoms with Crippen molar-refractivity contribution in [3.8, 4) is 0 Å². The monoisotopic (exact) mass is 275 g/mol. The van der Waals surface area contributed by atoms with E-state index in [-0.39, 0.29) is 5.76 Å². The van der Waals surface area contributed by atoms with Gasteiger partial charge in [0.1, 0.15) is 5.76 Å². The summed E-state index contributed by atoms with van der Waals surface area (Å²) in [5, 5.41) is 0. The number of aryl methyl sites for hydroxylation is 2. The molecule has 0 amide bonds. The van der Waals surface area contributed by atoms with Gasteiger partial charge in [0.15, 0.2) is 0 Å². The smallest absolute Gasteiger partial charge is 0.374 e. The van der Waals surface area contributed by atoms with E-state index in [0.717, 1.165) is 6.26 Å². The van der Waals surface area contributed by atoms with Gasteiger partial charge in [-0.2, -0.15) is 0 Å². The van der Waals surface area contributed by atoms with Crippen LogP contribution in [0.15, 0.2) is 10.5 Å². The fourth-order valence-corrected chi connectivity index (χ4v) is 2.00. The molecule has 102 valence electrons. The number of carbonyl (C=O) groups is 1. The first-order chi connectivity index (χ1) is 8.33. The molecule has 0 unspecified atom stereocenters. The molecule has 6 nitrogen and oxygen atoms in total. The number of hydrogen-bond donors (Lipinski definition) is 1. The zero-order valence-corrected chi connectivity index (χ0v) is 11.5. The highest BCUT2D eigenvalue weighted by Crippen LogP contribution is 2.16. The third kappa shape index (κ3) is 4.50. The topological polar surface area (TPSA) is 85.6 Å². The molecule has 7 heteroatoms. The Labute approximate surface area is 106 Å². The van der Waals surface area contributed by atoms with Crippen LogP contribution in [0.4, 0.5) is 0 Å². The van der Waals surface area contributed by atoms with E-state index in [1.54, 1.807) is 13.0 Å². The fourth-order valence-electron chi connectivity index (χ4n) is 1.49. The number of nitrogens with one attached hydrogen (secondary N) is 1. The first kappa shape index (κ1) is 14.7. The quantitative estimate of drug-likeness (QED) is 0.614. The van der Waals surface area contributed by atoms with Crippen LogP contribution in [0.1, 0.15) is 28.3 Å². The van der Waals surface area contributed by atoms with E-state index >= 15 is 0 Å². The van der Waals surface area contributed by atoms with E-state index in [4.69, 9.17) is 4.42 Å². The lowest BCUT2D eigenvalue weighted by molar-refractivity contribution is 0.0562. The number of carbonyl (C=O) groups excluding carboxylic acids is 1. The molecule has 0 saturated heterocycles. The van der Waals surface area contributed by atoms with Crippen LogP contribution in [0.3, 0.4) is 0 Å². The molecule has 0 aliphatic rings. The number of rotatable bonds is 6. The first-order valence-corrected chi connectivity index (χ1v) is 7.35. The highest BCUT2D eigenvalue weighted by molar-refractivity contribution is 7.88. The lowest BCUT2D eigenvalue weighted by atomic mass is 10.2. The van der Waals surface area contributed by atoms with Gasteiger partial charge in [0.05, 0.1) is 13.4 Å². The number of sulfonamides is 1. The Morgan fingerprint density at radius 2 is 2.17 bits per heavy atom. The Kier molecular flexibility index (Phi) is 4.92. The van der Waals surface area contributed by atoms with Crippen molar-refractivity contribution in [3.05, 3.63) is 23.2 Å². The van der Waals surface area contributed by atoms with Crippen LogP contribution < -0.4 is 4.72 Å². The van der Waals surface area contributed by atoms with Crippen LogP contribution in [0.5, 0.6) is 0 Å². The van der Waals surface area contributed by atoms with Gasteiger partial charge in [0.2, 0.25) is 15.8 Å². The maximum absolute atomic E-state index is 11.3. The molecule has 0 spiro atoms. The normalized spacial score (nSPS) is 11.5. The molecule has 0 aliphatic carbocycles. The predicted octanol–water partition coefficient (Wildman–Crippen LogP) is 0.856. The van der Waals surface area contributed by atoms with Crippen molar-refractivity contribution in [3.63, 3.8) is 0 Å². The second kappa shape index (κ2) is 6.01. The van der Waals surface area contributed by atoms with Gasteiger partial charge in [0, 0.05) is 18.5 Å². The Balaban J connectivity index is 2.51. The molecule has 18 heavy (non-hydrogen) atoms. The van der Waals surface area contributed by atoms with Gasteiger partial charge in [-0.25, -0.2) is 17.9 Å². The molecule has 0 saturated carbocycles. The van der Waals surface area contributed by atoms with E-state index in [9.17, 15) is 13.2 Å². The van der Waals surface area contributed by atoms with Crippen molar-refractivity contribution in [2.45, 2.75) is 19.8 Å². The average molecular weight is 275 g/mol. The van der Waals surface area contributed by atoms with E-state index < -0.39 is 16.0 Å². The zero-order valence-electron chi connectivity index (χ0n) is 10.6. The summed E-state index contributed by atoms with van der Waals surface area (Å²) in [4.78, 5) is 11.3. The maximum atomic E-state index is 11.3. The molecule has 1 N–H and O–H groups in total. The summed E-state index contributed by atoms with van der Waals surface area (Å²) in [6.45, 7) is 2.10. The number of ether oxygens (including phenoxy) is 1. The van der Waals surface area contributed by atoms with Gasteiger partial charge in [-0.05, 0) is 19.4 Å². The molecule has 1 aromatic rings. The predicted molar refractivity (Wildman–Crippen MR) is 66.0 cm³/mol. The standard InChI is InChI=1S/C11H17NO5S/c1-8-7-9(17-10(8)11(13)16-2)5-4-6-12-18(3,14)15/h7,12H,4-6H2,1-3H3. The summed E-state index contributed by atoms with van der Waals surface area (Å²) in [5.74, 6) is 0.333. The van der Waals surface area contributed by atoms with Gasteiger partial charge < -0.3 is 9.15 Å². The Bertz CT molecular complexity index is 518. The van der Waals surface area contributed by atoms with Crippen LogP contribution in [-0.2, 0) is 21.2 Å². The van der Waals surface area contributed by atoms with Gasteiger partial charge in [-0.3, -0.25) is 0 Å². The van der Waals surface area contributed by atoms with E-state index in [2.05, 4.69) is 9.46 Å². The Hall–Kier alpha value is -1.34. The molecular weight excluding hydrogens is 258 g/mol. The fraction of sp³-hybridized carbons (Fsp3) is 0.545. The number of esters is 1. The summed E-state index contributed by atoms with van der Waals surface area (Å²) in [6, 6.07) is 1.76. The van der Waals surface area contributed by atoms with Crippen LogP contribution in [0.25, 0.3) is 0 Å². The number of methoxy groups -OCH3 is 1. The molecule has 0 bridgehead atoms. The summed E-state index contributed by atoms with van der Waals surface area (Å²) in [5.41, 5.74) is 0.716. The van der Waals surface area contributed by atoms with Crippen LogP contribution in [0.2, 0.25) is 0 Å². The summed E-state index contributed by atoms with van der Waals surface area (Å²) in [6.07, 6.45) is 2.26. The SMILES string of the molecule is COC(=O)c1oc(CCCNS(C)(=O)=O)cc1C. The lowest BCUT2D eigenvalue weighted by Gasteiger charge is -2.00. The van der Waals surface area contributed by atoms with Crippen molar-refractivity contribution in [1.29, 1.82) is 0 Å². The van der Waals surface area contributed by atoms with Crippen molar-refractivity contribution in [1.82, 2.24) is 4.72 Å². The van der Waals surface area contributed by atoms with Gasteiger partial charge in [-0.1, -0.05) is 0 Å². The van der Waals surface area contributed by atoms with Crippen LogP contribution in [-0.4, -0.2) is 34.3 Å². The minimum atomic E-state index is -3.15. The molecule has 0 atom stereocenters. The second-order valence-corrected chi connectivity index (χ2v) is 5.82. The van der Waals surface area contributed by atoms with Crippen molar-refractivity contribution >= 4 is 16.0 Å². The Morgan fingerprint density at radius 3 is 2.72 bits per heavy atom. The number of furan rings is 1. The molecule has 1 aromatic heterocycles. The summed E-state index contributed by atoms with van der Waals surface area (Å²) in [7, 11) is -1.86. The van der Waals surface area contributed by atoms with Crippen LogP contribution >= 0.6 is 0 Å².